The summed E-state index contributed by atoms with van der Waals surface area (Å²) in [6, 6.07) is 27.3. The molecule has 0 unspecified atom stereocenters. The average molecular weight is 457 g/mol. The summed E-state index contributed by atoms with van der Waals surface area (Å²) >= 11 is 1.30. The molecular formula is C26H24N4O2S. The monoisotopic (exact) mass is 456 g/mol. The van der Waals surface area contributed by atoms with E-state index in [2.05, 4.69) is 21.6 Å². The first-order valence-corrected chi connectivity index (χ1v) is 11.6. The van der Waals surface area contributed by atoms with Crippen LogP contribution < -0.4 is 5.32 Å². The molecule has 1 heterocycles. The van der Waals surface area contributed by atoms with Gasteiger partial charge < -0.3 is 5.32 Å². The van der Waals surface area contributed by atoms with Gasteiger partial charge in [0.05, 0.1) is 18.7 Å². The van der Waals surface area contributed by atoms with Crippen molar-refractivity contribution in [3.63, 3.8) is 0 Å². The quantitative estimate of drug-likeness (QED) is 0.284. The smallest absolute Gasteiger partial charge is 0.231 e. The fourth-order valence-electron chi connectivity index (χ4n) is 3.40. The van der Waals surface area contributed by atoms with Crippen LogP contribution in [0.2, 0.25) is 0 Å². The molecule has 4 rings (SSSR count). The van der Waals surface area contributed by atoms with Gasteiger partial charge in [-0.25, -0.2) is 0 Å². The molecule has 0 aliphatic rings. The molecule has 4 aromatic rings. The average Bonchev–Trinajstić information content (AvgIpc) is 3.21. The van der Waals surface area contributed by atoms with Crippen LogP contribution in [0, 0.1) is 6.92 Å². The molecule has 1 amide bonds. The summed E-state index contributed by atoms with van der Waals surface area (Å²) in [5, 5.41) is 12.2. The third-order valence-corrected chi connectivity index (χ3v) is 5.98. The number of Topliss-reactive ketones (excluding diaryl/α,β-unsaturated/α-hetero) is 1. The first kappa shape index (κ1) is 22.5. The Morgan fingerprint density at radius 1 is 0.909 bits per heavy atom. The van der Waals surface area contributed by atoms with Crippen LogP contribution in [0.4, 0.5) is 5.69 Å². The highest BCUT2D eigenvalue weighted by molar-refractivity contribution is 7.99. The number of anilines is 1. The largest absolute Gasteiger partial charge is 0.326 e. The van der Waals surface area contributed by atoms with E-state index >= 15 is 0 Å². The van der Waals surface area contributed by atoms with E-state index in [1.807, 2.05) is 78.2 Å². The van der Waals surface area contributed by atoms with E-state index in [4.69, 9.17) is 0 Å². The number of carbonyl (C=O) groups excluding carboxylic acids is 2. The van der Waals surface area contributed by atoms with Gasteiger partial charge >= 0.3 is 0 Å². The van der Waals surface area contributed by atoms with Crippen molar-refractivity contribution in [3.8, 4) is 11.4 Å². The Morgan fingerprint density at radius 2 is 1.64 bits per heavy atom. The van der Waals surface area contributed by atoms with Gasteiger partial charge in [0.25, 0.3) is 0 Å². The first-order valence-electron chi connectivity index (χ1n) is 10.6. The van der Waals surface area contributed by atoms with Crippen molar-refractivity contribution in [3.05, 3.63) is 96.1 Å². The number of aryl methyl sites for hydroxylation is 1. The summed E-state index contributed by atoms with van der Waals surface area (Å²) in [7, 11) is 0. The van der Waals surface area contributed by atoms with Gasteiger partial charge in [0, 0.05) is 11.3 Å². The highest BCUT2D eigenvalue weighted by Gasteiger charge is 2.17. The molecule has 0 atom stereocenters. The molecule has 166 valence electrons. The second kappa shape index (κ2) is 10.7. The van der Waals surface area contributed by atoms with Gasteiger partial charge in [0.15, 0.2) is 16.8 Å². The van der Waals surface area contributed by atoms with E-state index in [0.717, 1.165) is 22.5 Å². The highest BCUT2D eigenvalue weighted by atomic mass is 32.2. The van der Waals surface area contributed by atoms with Gasteiger partial charge in [0.2, 0.25) is 5.91 Å². The van der Waals surface area contributed by atoms with E-state index in [9.17, 15) is 9.59 Å². The number of carbonyl (C=O) groups is 2. The molecule has 0 fully saturated rings. The van der Waals surface area contributed by atoms with Crippen LogP contribution in [-0.4, -0.2) is 32.2 Å². The molecule has 7 heteroatoms. The summed E-state index contributed by atoms with van der Waals surface area (Å²) in [5.41, 5.74) is 3.89. The predicted molar refractivity (Wildman–Crippen MR) is 131 cm³/mol. The van der Waals surface area contributed by atoms with Crippen molar-refractivity contribution in [2.75, 3.05) is 11.1 Å². The van der Waals surface area contributed by atoms with Gasteiger partial charge in [-0.15, -0.1) is 10.2 Å². The first-order chi connectivity index (χ1) is 16.1. The number of thioether (sulfide) groups is 1. The molecule has 0 radical (unpaired) electrons. The number of nitrogens with one attached hydrogen (secondary N) is 1. The van der Waals surface area contributed by atoms with E-state index in [0.29, 0.717) is 17.4 Å². The molecule has 0 saturated carbocycles. The lowest BCUT2D eigenvalue weighted by Gasteiger charge is -2.11. The zero-order valence-electron chi connectivity index (χ0n) is 18.3. The molecule has 6 nitrogen and oxygen atoms in total. The molecule has 0 saturated heterocycles. The second-order valence-corrected chi connectivity index (χ2v) is 8.61. The Labute approximate surface area is 197 Å². The van der Waals surface area contributed by atoms with E-state index in [1.165, 1.54) is 11.8 Å². The van der Waals surface area contributed by atoms with Crippen LogP contribution in [0.1, 0.15) is 17.5 Å². The minimum atomic E-state index is -0.321. The number of para-hydroxylation sites is 1. The number of benzene rings is 3. The van der Waals surface area contributed by atoms with Crippen LogP contribution >= 0.6 is 11.8 Å². The van der Waals surface area contributed by atoms with Crippen molar-refractivity contribution >= 4 is 29.1 Å². The van der Waals surface area contributed by atoms with Crippen LogP contribution in [0.15, 0.2) is 90.1 Å². The fourth-order valence-corrected chi connectivity index (χ4v) is 4.20. The van der Waals surface area contributed by atoms with E-state index in [1.54, 1.807) is 12.1 Å². The zero-order chi connectivity index (χ0) is 23.0. The van der Waals surface area contributed by atoms with Gasteiger partial charge in [-0.3, -0.25) is 14.2 Å². The normalized spacial score (nSPS) is 10.7. The van der Waals surface area contributed by atoms with Crippen LogP contribution in [0.3, 0.4) is 0 Å². The summed E-state index contributed by atoms with van der Waals surface area (Å²) < 4.78 is 2.02. The topological polar surface area (TPSA) is 76.9 Å². The summed E-state index contributed by atoms with van der Waals surface area (Å²) in [5.74, 6) is 0.403. The molecule has 0 bridgehead atoms. The Bertz CT molecular complexity index is 1240. The van der Waals surface area contributed by atoms with Gasteiger partial charge in [-0.1, -0.05) is 84.1 Å². The lowest BCUT2D eigenvalue weighted by Crippen LogP contribution is -2.17. The summed E-state index contributed by atoms with van der Waals surface area (Å²) in [4.78, 5) is 24.7. The minimum Gasteiger partial charge on any atom is -0.326 e. The van der Waals surface area contributed by atoms with Gasteiger partial charge in [-0.2, -0.15) is 0 Å². The molecule has 33 heavy (non-hydrogen) atoms. The maximum Gasteiger partial charge on any atom is 0.231 e. The molecule has 1 aromatic heterocycles. The molecule has 0 aliphatic carbocycles. The maximum absolute atomic E-state index is 12.5. The van der Waals surface area contributed by atoms with Crippen molar-refractivity contribution in [2.45, 2.75) is 25.0 Å². The third kappa shape index (κ3) is 6.17. The number of ketones is 1. The number of hydrogen-bond donors (Lipinski definition) is 1. The Hall–Kier alpha value is -3.71. The lowest BCUT2D eigenvalue weighted by molar-refractivity contribution is -0.123. The number of hydrogen-bond acceptors (Lipinski definition) is 5. The van der Waals surface area contributed by atoms with Crippen LogP contribution in [0.5, 0.6) is 0 Å². The number of rotatable bonds is 9. The number of aromatic nitrogens is 3. The maximum atomic E-state index is 12.5. The van der Waals surface area contributed by atoms with Crippen molar-refractivity contribution < 1.29 is 9.59 Å². The van der Waals surface area contributed by atoms with Crippen molar-refractivity contribution in [1.82, 2.24) is 14.8 Å². The van der Waals surface area contributed by atoms with E-state index in [-0.39, 0.29) is 23.9 Å². The van der Waals surface area contributed by atoms with Crippen molar-refractivity contribution in [1.29, 1.82) is 0 Å². The Balaban J connectivity index is 1.47. The minimum absolute atomic E-state index is 0.142. The van der Waals surface area contributed by atoms with E-state index < -0.39 is 0 Å². The SMILES string of the molecule is Cc1cccc(-c2nnc(SCC(=O)CC(=O)Nc3ccccc3)n2Cc2ccccc2)c1. The predicted octanol–water partition coefficient (Wildman–Crippen LogP) is 4.99. The molecule has 0 spiro atoms. The molecular weight excluding hydrogens is 432 g/mol. The van der Waals surface area contributed by atoms with Crippen LogP contribution in [0.25, 0.3) is 11.4 Å². The standard InChI is InChI=1S/C26H24N4O2S/c1-19-9-8-12-21(15-19)25-28-29-26(30(25)17-20-10-4-2-5-11-20)33-18-23(31)16-24(32)27-22-13-6-3-7-14-22/h2-15H,16-18H2,1H3,(H,27,32). The zero-order valence-corrected chi connectivity index (χ0v) is 19.1. The van der Waals surface area contributed by atoms with Crippen molar-refractivity contribution in [2.24, 2.45) is 0 Å². The number of nitrogens with zero attached hydrogens (tertiary/aromatic N) is 3. The van der Waals surface area contributed by atoms with Gasteiger partial charge in [0.1, 0.15) is 0 Å². The number of amides is 1. The fraction of sp³-hybridized carbons (Fsp3) is 0.154. The Kier molecular flexibility index (Phi) is 7.32. The summed E-state index contributed by atoms with van der Waals surface area (Å²) in [6.07, 6.45) is -0.181. The third-order valence-electron chi connectivity index (χ3n) is 4.95. The lowest BCUT2D eigenvalue weighted by atomic mass is 10.1. The highest BCUT2D eigenvalue weighted by Crippen LogP contribution is 2.26. The molecule has 0 aliphatic heterocycles. The second-order valence-electron chi connectivity index (χ2n) is 7.67. The molecule has 1 N–H and O–H groups in total. The Morgan fingerprint density at radius 3 is 2.36 bits per heavy atom. The summed E-state index contributed by atoms with van der Waals surface area (Å²) in [6.45, 7) is 2.62. The molecule has 3 aromatic carbocycles. The van der Waals surface area contributed by atoms with Crippen LogP contribution in [-0.2, 0) is 16.1 Å². The van der Waals surface area contributed by atoms with Gasteiger partial charge in [-0.05, 0) is 30.7 Å².